The number of carbonyl (C=O) groups is 1. The number of carboxylic acids is 1. The minimum Gasteiger partial charge on any atom is -0.476 e. The molecular formula is C19H13BrN2O2. The monoisotopic (exact) mass is 380 g/mol. The number of aryl methyl sites for hydroxylation is 1. The highest BCUT2D eigenvalue weighted by atomic mass is 79.9. The van der Waals surface area contributed by atoms with Crippen molar-refractivity contribution in [1.29, 1.82) is 0 Å². The molecule has 0 aliphatic rings. The molecule has 2 aromatic carbocycles. The fourth-order valence-electron chi connectivity index (χ4n) is 3.01. The summed E-state index contributed by atoms with van der Waals surface area (Å²) in [5, 5.41) is 11.9. The average Bonchev–Trinajstić information content (AvgIpc) is 2.94. The number of nitrogens with zero attached hydrogens (tertiary/aromatic N) is 2. The summed E-state index contributed by atoms with van der Waals surface area (Å²) >= 11 is 3.42. The van der Waals surface area contributed by atoms with Crippen LogP contribution in [0.3, 0.4) is 0 Å². The molecule has 1 N–H and O–H groups in total. The summed E-state index contributed by atoms with van der Waals surface area (Å²) < 4.78 is 2.45. The van der Waals surface area contributed by atoms with Gasteiger partial charge >= 0.3 is 5.97 Å². The summed E-state index contributed by atoms with van der Waals surface area (Å²) in [5.74, 6) is -0.997. The van der Waals surface area contributed by atoms with Crippen LogP contribution in [0, 0.1) is 6.92 Å². The Morgan fingerprint density at radius 3 is 2.62 bits per heavy atom. The van der Waals surface area contributed by atoms with Crippen LogP contribution in [-0.4, -0.2) is 20.5 Å². The molecule has 24 heavy (non-hydrogen) atoms. The number of rotatable bonds is 2. The van der Waals surface area contributed by atoms with Gasteiger partial charge in [-0.05, 0) is 51.3 Å². The van der Waals surface area contributed by atoms with E-state index >= 15 is 0 Å². The van der Waals surface area contributed by atoms with Crippen LogP contribution in [0.2, 0.25) is 0 Å². The highest BCUT2D eigenvalue weighted by Crippen LogP contribution is 2.29. The molecule has 0 fully saturated rings. The number of carboxylic acid groups (broad SMARTS) is 1. The van der Waals surface area contributed by atoms with Crippen molar-refractivity contribution in [3.05, 3.63) is 70.5 Å². The maximum absolute atomic E-state index is 11.9. The SMILES string of the molecule is Cc1cc(Br)cn2c(C(=O)O)c(-c3ccc4ccccc4c3)nc12. The van der Waals surface area contributed by atoms with Crippen molar-refractivity contribution >= 4 is 38.3 Å². The summed E-state index contributed by atoms with van der Waals surface area (Å²) in [7, 11) is 0. The zero-order valence-corrected chi connectivity index (χ0v) is 14.4. The third-order valence-corrected chi connectivity index (χ3v) is 4.53. The maximum atomic E-state index is 11.9. The Labute approximate surface area is 146 Å². The zero-order valence-electron chi connectivity index (χ0n) is 12.8. The van der Waals surface area contributed by atoms with E-state index in [2.05, 4.69) is 20.9 Å². The minimum absolute atomic E-state index is 0.171. The third kappa shape index (κ3) is 2.29. The molecule has 4 nitrogen and oxygen atoms in total. The van der Waals surface area contributed by atoms with E-state index in [1.54, 1.807) is 10.6 Å². The number of hydrogen-bond donors (Lipinski definition) is 1. The first-order valence-electron chi connectivity index (χ1n) is 7.45. The number of fused-ring (bicyclic) bond motifs is 2. The van der Waals surface area contributed by atoms with Gasteiger partial charge in [0.05, 0.1) is 0 Å². The third-order valence-electron chi connectivity index (χ3n) is 4.10. The Hall–Kier alpha value is -2.66. The van der Waals surface area contributed by atoms with E-state index in [0.717, 1.165) is 26.4 Å². The number of imidazole rings is 1. The zero-order chi connectivity index (χ0) is 16.8. The molecule has 4 aromatic rings. The quantitative estimate of drug-likeness (QED) is 0.536. The lowest BCUT2D eigenvalue weighted by molar-refractivity contribution is 0.0690. The van der Waals surface area contributed by atoms with Gasteiger partial charge in [0.1, 0.15) is 11.3 Å². The van der Waals surface area contributed by atoms with Crippen LogP contribution < -0.4 is 0 Å². The molecule has 5 heteroatoms. The number of hydrogen-bond acceptors (Lipinski definition) is 2. The van der Waals surface area contributed by atoms with Crippen molar-refractivity contribution in [2.45, 2.75) is 6.92 Å². The fourth-order valence-corrected chi connectivity index (χ4v) is 3.56. The smallest absolute Gasteiger partial charge is 0.355 e. The van der Waals surface area contributed by atoms with Crippen LogP contribution >= 0.6 is 15.9 Å². The predicted molar refractivity (Wildman–Crippen MR) is 97.5 cm³/mol. The van der Waals surface area contributed by atoms with Crippen molar-refractivity contribution in [3.8, 4) is 11.3 Å². The van der Waals surface area contributed by atoms with Gasteiger partial charge in [0.25, 0.3) is 0 Å². The summed E-state index contributed by atoms with van der Waals surface area (Å²) in [6.07, 6.45) is 1.74. The Kier molecular flexibility index (Phi) is 3.39. The molecule has 0 saturated heterocycles. The van der Waals surface area contributed by atoms with E-state index in [1.165, 1.54) is 0 Å². The van der Waals surface area contributed by atoms with Gasteiger partial charge in [0.2, 0.25) is 0 Å². The number of benzene rings is 2. The van der Waals surface area contributed by atoms with E-state index in [-0.39, 0.29) is 5.69 Å². The topological polar surface area (TPSA) is 54.6 Å². The number of pyridine rings is 1. The summed E-state index contributed by atoms with van der Waals surface area (Å²) in [6, 6.07) is 15.8. The van der Waals surface area contributed by atoms with Gasteiger partial charge in [-0.15, -0.1) is 0 Å². The Morgan fingerprint density at radius 2 is 1.88 bits per heavy atom. The highest BCUT2D eigenvalue weighted by molar-refractivity contribution is 9.10. The molecule has 0 radical (unpaired) electrons. The van der Waals surface area contributed by atoms with Crippen molar-refractivity contribution in [2.75, 3.05) is 0 Å². The van der Waals surface area contributed by atoms with Gasteiger partial charge in [-0.1, -0.05) is 36.4 Å². The number of halogens is 1. The molecule has 0 aliphatic carbocycles. The molecule has 0 atom stereocenters. The molecule has 0 bridgehead atoms. The minimum atomic E-state index is -0.997. The molecule has 2 aromatic heterocycles. The van der Waals surface area contributed by atoms with Gasteiger partial charge in [0.15, 0.2) is 5.69 Å². The molecule has 0 aliphatic heterocycles. The summed E-state index contributed by atoms with van der Waals surface area (Å²) in [4.78, 5) is 16.5. The number of aromatic carboxylic acids is 1. The Balaban J connectivity index is 2.06. The second kappa shape index (κ2) is 5.46. The van der Waals surface area contributed by atoms with E-state index < -0.39 is 5.97 Å². The molecule has 2 heterocycles. The molecule has 4 rings (SSSR count). The molecular weight excluding hydrogens is 368 g/mol. The molecule has 0 unspecified atom stereocenters. The molecule has 0 amide bonds. The van der Waals surface area contributed by atoms with Crippen LogP contribution in [0.25, 0.3) is 27.7 Å². The normalized spacial score (nSPS) is 11.2. The summed E-state index contributed by atoms with van der Waals surface area (Å²) in [6.45, 7) is 1.92. The van der Waals surface area contributed by atoms with Crippen molar-refractivity contribution in [2.24, 2.45) is 0 Å². The summed E-state index contributed by atoms with van der Waals surface area (Å²) in [5.41, 5.74) is 3.02. The number of aromatic nitrogens is 2. The second-order valence-electron chi connectivity index (χ2n) is 5.71. The fraction of sp³-hybridized carbons (Fsp3) is 0.0526. The van der Waals surface area contributed by atoms with Gasteiger partial charge in [-0.25, -0.2) is 9.78 Å². The van der Waals surface area contributed by atoms with Crippen molar-refractivity contribution in [1.82, 2.24) is 9.38 Å². The Bertz CT molecular complexity index is 1120. The van der Waals surface area contributed by atoms with E-state index in [9.17, 15) is 9.90 Å². The Morgan fingerprint density at radius 1 is 1.12 bits per heavy atom. The maximum Gasteiger partial charge on any atom is 0.355 e. The van der Waals surface area contributed by atoms with Crippen LogP contribution in [0.15, 0.2) is 59.2 Å². The van der Waals surface area contributed by atoms with E-state index in [1.807, 2.05) is 55.5 Å². The van der Waals surface area contributed by atoms with Gasteiger partial charge in [0, 0.05) is 16.2 Å². The first-order valence-corrected chi connectivity index (χ1v) is 8.24. The van der Waals surface area contributed by atoms with Gasteiger partial charge in [-0.2, -0.15) is 0 Å². The van der Waals surface area contributed by atoms with Crippen LogP contribution in [0.4, 0.5) is 0 Å². The molecule has 0 saturated carbocycles. The van der Waals surface area contributed by atoms with Crippen molar-refractivity contribution < 1.29 is 9.90 Å². The first-order chi connectivity index (χ1) is 11.5. The van der Waals surface area contributed by atoms with E-state index in [0.29, 0.717) is 11.3 Å². The van der Waals surface area contributed by atoms with Crippen LogP contribution in [-0.2, 0) is 0 Å². The van der Waals surface area contributed by atoms with Crippen LogP contribution in [0.5, 0.6) is 0 Å². The van der Waals surface area contributed by atoms with Gasteiger partial charge in [-0.3, -0.25) is 4.40 Å². The standard InChI is InChI=1S/C19H13BrN2O2/c1-11-8-15(20)10-22-17(19(23)24)16(21-18(11)22)14-7-6-12-4-2-3-5-13(12)9-14/h2-10H,1H3,(H,23,24). The van der Waals surface area contributed by atoms with Crippen molar-refractivity contribution in [3.63, 3.8) is 0 Å². The van der Waals surface area contributed by atoms with E-state index in [4.69, 9.17) is 0 Å². The average molecular weight is 381 g/mol. The predicted octanol–water partition coefficient (Wildman–Crippen LogP) is 4.92. The second-order valence-corrected chi connectivity index (χ2v) is 6.63. The highest BCUT2D eigenvalue weighted by Gasteiger charge is 2.21. The molecule has 118 valence electrons. The lowest BCUT2D eigenvalue weighted by Crippen LogP contribution is -2.04. The lowest BCUT2D eigenvalue weighted by atomic mass is 10.0. The largest absolute Gasteiger partial charge is 0.476 e. The van der Waals surface area contributed by atoms with Gasteiger partial charge < -0.3 is 5.11 Å². The lowest BCUT2D eigenvalue weighted by Gasteiger charge is -2.03. The molecule has 0 spiro atoms. The van der Waals surface area contributed by atoms with Crippen LogP contribution in [0.1, 0.15) is 16.1 Å². The first kappa shape index (κ1) is 14.9.